The average Bonchev–Trinajstić information content (AvgIpc) is 3.23. The summed E-state index contributed by atoms with van der Waals surface area (Å²) in [5.74, 6) is 4.14. The Morgan fingerprint density at radius 3 is 2.35 bits per heavy atom. The zero-order chi connectivity index (χ0) is 11.4. The third kappa shape index (κ3) is 1.70. The molecule has 0 aromatic heterocycles. The van der Waals surface area contributed by atoms with Crippen molar-refractivity contribution >= 4 is 5.91 Å². The molecular formula is C14H22N2O. The second kappa shape index (κ2) is 3.71. The van der Waals surface area contributed by atoms with Crippen LogP contribution in [0.1, 0.15) is 32.1 Å². The van der Waals surface area contributed by atoms with E-state index in [1.165, 1.54) is 32.1 Å². The number of hydrogen-bond donors (Lipinski definition) is 2. The normalized spacial score (nSPS) is 45.8. The molecule has 4 aliphatic rings. The lowest BCUT2D eigenvalue weighted by Crippen LogP contribution is -2.34. The van der Waals surface area contributed by atoms with Gasteiger partial charge in [0.2, 0.25) is 5.91 Å². The molecule has 0 aliphatic heterocycles. The number of amides is 1. The number of nitrogens with one attached hydrogen (secondary N) is 2. The van der Waals surface area contributed by atoms with Crippen LogP contribution in [0.4, 0.5) is 0 Å². The summed E-state index contributed by atoms with van der Waals surface area (Å²) in [6.45, 7) is 1.77. The number of fused-ring (bicyclic) bond motifs is 5. The fraction of sp³-hybridized carbons (Fsp3) is 0.929. The molecule has 2 bridgehead atoms. The van der Waals surface area contributed by atoms with Crippen LogP contribution in [0.3, 0.4) is 0 Å². The van der Waals surface area contributed by atoms with Gasteiger partial charge >= 0.3 is 0 Å². The van der Waals surface area contributed by atoms with E-state index in [2.05, 4.69) is 10.6 Å². The second-order valence-corrected chi connectivity index (χ2v) is 6.53. The zero-order valence-corrected chi connectivity index (χ0v) is 10.3. The lowest BCUT2D eigenvalue weighted by Gasteiger charge is -2.09. The Hall–Kier alpha value is -0.570. The molecule has 0 aromatic rings. The highest BCUT2D eigenvalue weighted by Crippen LogP contribution is 2.69. The minimum absolute atomic E-state index is 0.356. The summed E-state index contributed by atoms with van der Waals surface area (Å²) in [5.41, 5.74) is 0. The molecule has 0 heterocycles. The van der Waals surface area contributed by atoms with Crippen LogP contribution in [0, 0.1) is 29.6 Å². The maximum absolute atomic E-state index is 12.1. The molecule has 4 aliphatic carbocycles. The molecule has 4 rings (SSSR count). The van der Waals surface area contributed by atoms with Gasteiger partial charge in [-0.25, -0.2) is 0 Å². The summed E-state index contributed by atoms with van der Waals surface area (Å²) in [7, 11) is 0. The molecule has 4 saturated carbocycles. The van der Waals surface area contributed by atoms with Crippen LogP contribution in [0.2, 0.25) is 0 Å². The van der Waals surface area contributed by atoms with Crippen molar-refractivity contribution in [3.8, 4) is 0 Å². The molecule has 1 amide bonds. The number of hydrogen-bond acceptors (Lipinski definition) is 2. The van der Waals surface area contributed by atoms with E-state index >= 15 is 0 Å². The maximum Gasteiger partial charge on any atom is 0.223 e. The molecule has 4 unspecified atom stereocenters. The summed E-state index contributed by atoms with van der Waals surface area (Å²) < 4.78 is 0. The van der Waals surface area contributed by atoms with Crippen molar-refractivity contribution in [1.82, 2.24) is 10.6 Å². The predicted octanol–water partition coefficient (Wildman–Crippen LogP) is 1.15. The minimum Gasteiger partial charge on any atom is -0.355 e. The van der Waals surface area contributed by atoms with Gasteiger partial charge < -0.3 is 10.6 Å². The van der Waals surface area contributed by atoms with Gasteiger partial charge in [-0.3, -0.25) is 4.79 Å². The van der Waals surface area contributed by atoms with Crippen LogP contribution in [-0.2, 0) is 4.79 Å². The van der Waals surface area contributed by atoms with Gasteiger partial charge in [-0.1, -0.05) is 0 Å². The minimum atomic E-state index is 0.356. The van der Waals surface area contributed by atoms with Crippen molar-refractivity contribution in [2.24, 2.45) is 29.6 Å². The highest BCUT2D eigenvalue weighted by atomic mass is 16.2. The Morgan fingerprint density at radius 2 is 1.71 bits per heavy atom. The van der Waals surface area contributed by atoms with Gasteiger partial charge in [0.15, 0.2) is 0 Å². The Morgan fingerprint density at radius 1 is 1.00 bits per heavy atom. The molecular weight excluding hydrogens is 212 g/mol. The van der Waals surface area contributed by atoms with E-state index in [1.807, 2.05) is 0 Å². The SMILES string of the molecule is O=C(NCCNC1CC1)C1C2C3CCC(C3)C12. The number of carbonyl (C=O) groups is 1. The predicted molar refractivity (Wildman–Crippen MR) is 65.3 cm³/mol. The van der Waals surface area contributed by atoms with Gasteiger partial charge in [-0.05, 0) is 55.8 Å². The monoisotopic (exact) mass is 234 g/mol. The van der Waals surface area contributed by atoms with Gasteiger partial charge in [0.1, 0.15) is 0 Å². The van der Waals surface area contributed by atoms with E-state index in [-0.39, 0.29) is 0 Å². The molecule has 0 radical (unpaired) electrons. The van der Waals surface area contributed by atoms with E-state index < -0.39 is 0 Å². The molecule has 2 N–H and O–H groups in total. The maximum atomic E-state index is 12.1. The van der Waals surface area contributed by atoms with Crippen molar-refractivity contribution in [1.29, 1.82) is 0 Å². The van der Waals surface area contributed by atoms with Crippen molar-refractivity contribution in [3.05, 3.63) is 0 Å². The van der Waals surface area contributed by atoms with Crippen molar-refractivity contribution in [2.45, 2.75) is 38.1 Å². The van der Waals surface area contributed by atoms with E-state index in [1.54, 1.807) is 0 Å². The molecule has 94 valence electrons. The molecule has 4 atom stereocenters. The molecule has 3 nitrogen and oxygen atoms in total. The fourth-order valence-electron chi connectivity index (χ4n) is 4.54. The van der Waals surface area contributed by atoms with E-state index in [0.717, 1.165) is 42.8 Å². The van der Waals surface area contributed by atoms with E-state index in [0.29, 0.717) is 11.8 Å². The first-order valence-electron chi connectivity index (χ1n) is 7.35. The largest absolute Gasteiger partial charge is 0.355 e. The van der Waals surface area contributed by atoms with Crippen LogP contribution >= 0.6 is 0 Å². The van der Waals surface area contributed by atoms with Gasteiger partial charge in [-0.15, -0.1) is 0 Å². The van der Waals surface area contributed by atoms with Crippen LogP contribution in [0.25, 0.3) is 0 Å². The second-order valence-electron chi connectivity index (χ2n) is 6.53. The molecule has 0 spiro atoms. The van der Waals surface area contributed by atoms with E-state index in [9.17, 15) is 4.79 Å². The third-order valence-electron chi connectivity index (χ3n) is 5.47. The number of carbonyl (C=O) groups excluding carboxylic acids is 1. The molecule has 0 aromatic carbocycles. The highest BCUT2D eigenvalue weighted by molar-refractivity contribution is 5.82. The molecule has 17 heavy (non-hydrogen) atoms. The Balaban J connectivity index is 1.22. The summed E-state index contributed by atoms with van der Waals surface area (Å²) >= 11 is 0. The smallest absolute Gasteiger partial charge is 0.223 e. The summed E-state index contributed by atoms with van der Waals surface area (Å²) in [6.07, 6.45) is 6.88. The van der Waals surface area contributed by atoms with Crippen molar-refractivity contribution < 1.29 is 4.79 Å². The first-order chi connectivity index (χ1) is 8.34. The van der Waals surface area contributed by atoms with Crippen LogP contribution in [-0.4, -0.2) is 25.0 Å². The lowest BCUT2D eigenvalue weighted by atomic mass is 10.0. The summed E-state index contributed by atoms with van der Waals surface area (Å²) in [5, 5.41) is 6.56. The summed E-state index contributed by atoms with van der Waals surface area (Å²) in [4.78, 5) is 12.1. The third-order valence-corrected chi connectivity index (χ3v) is 5.47. The Bertz CT molecular complexity index is 323. The number of rotatable bonds is 5. The average molecular weight is 234 g/mol. The topological polar surface area (TPSA) is 41.1 Å². The Labute approximate surface area is 103 Å². The standard InChI is InChI=1S/C14H22N2O/c17-14(16-6-5-15-10-3-4-10)13-11-8-1-2-9(7-8)12(11)13/h8-13,15H,1-7H2,(H,16,17). The lowest BCUT2D eigenvalue weighted by molar-refractivity contribution is -0.123. The Kier molecular flexibility index (Phi) is 2.26. The molecule has 4 fully saturated rings. The molecule has 3 heteroatoms. The quantitative estimate of drug-likeness (QED) is 0.701. The molecule has 0 saturated heterocycles. The fourth-order valence-corrected chi connectivity index (χ4v) is 4.54. The highest BCUT2D eigenvalue weighted by Gasteiger charge is 2.67. The van der Waals surface area contributed by atoms with Crippen LogP contribution < -0.4 is 10.6 Å². The van der Waals surface area contributed by atoms with Crippen LogP contribution in [0.5, 0.6) is 0 Å². The van der Waals surface area contributed by atoms with Gasteiger partial charge in [0.25, 0.3) is 0 Å². The van der Waals surface area contributed by atoms with Gasteiger partial charge in [0.05, 0.1) is 0 Å². The van der Waals surface area contributed by atoms with Crippen molar-refractivity contribution in [2.75, 3.05) is 13.1 Å². The van der Waals surface area contributed by atoms with Crippen LogP contribution in [0.15, 0.2) is 0 Å². The zero-order valence-electron chi connectivity index (χ0n) is 10.3. The first-order valence-corrected chi connectivity index (χ1v) is 7.35. The van der Waals surface area contributed by atoms with E-state index in [4.69, 9.17) is 0 Å². The van der Waals surface area contributed by atoms with Crippen molar-refractivity contribution in [3.63, 3.8) is 0 Å². The summed E-state index contributed by atoms with van der Waals surface area (Å²) in [6, 6.07) is 0.753. The first kappa shape index (κ1) is 10.4. The van der Waals surface area contributed by atoms with Gasteiger partial charge in [0, 0.05) is 25.0 Å². The van der Waals surface area contributed by atoms with Gasteiger partial charge in [-0.2, -0.15) is 0 Å².